The number of nitrogens with two attached hydrogens (primary N) is 1. The summed E-state index contributed by atoms with van der Waals surface area (Å²) >= 11 is 6.16. The van der Waals surface area contributed by atoms with Gasteiger partial charge in [0, 0.05) is 24.7 Å². The third-order valence-corrected chi connectivity index (χ3v) is 11.0. The molecule has 276 valence electrons. The van der Waals surface area contributed by atoms with Crippen LogP contribution in [0.2, 0.25) is 5.02 Å². The number of carbonyl (C=O) groups excluding carboxylic acids is 2. The number of hydrogen-bond acceptors (Lipinski definition) is 8. The zero-order chi connectivity index (χ0) is 36.7. The molecule has 0 aromatic heterocycles. The van der Waals surface area contributed by atoms with E-state index in [0.29, 0.717) is 24.0 Å². The van der Waals surface area contributed by atoms with Crippen molar-refractivity contribution in [2.24, 2.45) is 5.73 Å². The number of likely N-dealkylation sites (tertiary alicyclic amines) is 1. The number of fused-ring (bicyclic) bond motifs is 1. The van der Waals surface area contributed by atoms with E-state index in [4.69, 9.17) is 26.8 Å². The van der Waals surface area contributed by atoms with Gasteiger partial charge in [-0.05, 0) is 103 Å². The third kappa shape index (κ3) is 8.18. The fourth-order valence-electron chi connectivity index (χ4n) is 6.11. The van der Waals surface area contributed by atoms with Gasteiger partial charge in [-0.3, -0.25) is 4.79 Å². The molecule has 51 heavy (non-hydrogen) atoms. The van der Waals surface area contributed by atoms with Gasteiger partial charge in [-0.25, -0.2) is 13.2 Å². The molecule has 3 aromatic rings. The van der Waals surface area contributed by atoms with Crippen molar-refractivity contribution in [2.75, 3.05) is 13.1 Å². The Bertz CT molecular complexity index is 1900. The molecule has 1 amide bonds. The highest BCUT2D eigenvalue weighted by atomic mass is 35.5. The molecule has 1 heterocycles. The van der Waals surface area contributed by atoms with Crippen LogP contribution in [0, 0.1) is 0 Å². The van der Waals surface area contributed by atoms with Crippen molar-refractivity contribution >= 4 is 44.3 Å². The average Bonchev–Trinajstić information content (AvgIpc) is 3.75. The number of halogens is 6. The number of nitrogens with zero attached hydrogens (tertiary/aromatic N) is 2. The number of hydrogen-bond donors (Lipinski definition) is 1. The van der Waals surface area contributed by atoms with Gasteiger partial charge in [0.15, 0.2) is 0 Å². The highest BCUT2D eigenvalue weighted by Gasteiger charge is 2.59. The third-order valence-electron chi connectivity index (χ3n) is 9.10. The number of benzene rings is 3. The van der Waals surface area contributed by atoms with Gasteiger partial charge in [-0.1, -0.05) is 29.8 Å². The molecule has 2 N–H and O–H groups in total. The van der Waals surface area contributed by atoms with Gasteiger partial charge in [-0.2, -0.15) is 22.0 Å². The Labute approximate surface area is 295 Å². The van der Waals surface area contributed by atoms with E-state index in [0.717, 1.165) is 60.9 Å². The number of ether oxygens (including phenoxy) is 2. The maximum Gasteiger partial charge on any atom is 0.492 e. The topological polar surface area (TPSA) is 128 Å². The molecule has 17 heteroatoms. The quantitative estimate of drug-likeness (QED) is 0.174. The summed E-state index contributed by atoms with van der Waals surface area (Å²) in [6.45, 7) is -0.433. The van der Waals surface area contributed by atoms with Gasteiger partial charge >= 0.3 is 18.1 Å². The van der Waals surface area contributed by atoms with Crippen LogP contribution in [-0.2, 0) is 30.4 Å². The molecular formula is C34H35ClF5N3O7S. The maximum absolute atomic E-state index is 16.9. The van der Waals surface area contributed by atoms with Crippen LogP contribution in [0.1, 0.15) is 56.9 Å². The monoisotopic (exact) mass is 759 g/mol. The van der Waals surface area contributed by atoms with E-state index < -0.39 is 61.0 Å². The lowest BCUT2D eigenvalue weighted by Gasteiger charge is -2.38. The summed E-state index contributed by atoms with van der Waals surface area (Å²) in [6.07, 6.45) is -0.821. The molecular weight excluding hydrogens is 725 g/mol. The molecule has 6 rings (SSSR count). The van der Waals surface area contributed by atoms with Gasteiger partial charge in [-0.15, -0.1) is 0 Å². The predicted octanol–water partition coefficient (Wildman–Crippen LogP) is 6.48. The normalized spacial score (nSPS) is 18.6. The van der Waals surface area contributed by atoms with E-state index in [2.05, 4.69) is 4.84 Å². The van der Waals surface area contributed by atoms with Crippen LogP contribution in [-0.4, -0.2) is 73.2 Å². The molecule has 3 fully saturated rings. The molecule has 2 saturated carbocycles. The Hall–Kier alpha value is -3.73. The molecule has 10 nitrogen and oxygen atoms in total. The Morgan fingerprint density at radius 2 is 1.47 bits per heavy atom. The first-order valence-electron chi connectivity index (χ1n) is 16.5. The lowest BCUT2D eigenvalue weighted by atomic mass is 9.98. The summed E-state index contributed by atoms with van der Waals surface area (Å²) in [5.74, 6) is -9.07. The number of rotatable bonds is 11. The second-order valence-electron chi connectivity index (χ2n) is 13.0. The molecule has 1 saturated heterocycles. The van der Waals surface area contributed by atoms with E-state index >= 15 is 8.78 Å². The molecule has 3 aromatic carbocycles. The molecule has 1 aliphatic heterocycles. The summed E-state index contributed by atoms with van der Waals surface area (Å²) in [5.41, 5.74) is 4.90. The minimum atomic E-state index is -5.83. The maximum atomic E-state index is 16.9. The summed E-state index contributed by atoms with van der Waals surface area (Å²) in [4.78, 5) is 30.7. The van der Waals surface area contributed by atoms with Crippen molar-refractivity contribution in [3.8, 4) is 11.5 Å². The smallest absolute Gasteiger partial charge is 0.490 e. The van der Waals surface area contributed by atoms with E-state index in [9.17, 15) is 31.2 Å². The minimum Gasteiger partial charge on any atom is -0.490 e. The molecule has 0 radical (unpaired) electrons. The van der Waals surface area contributed by atoms with Crippen molar-refractivity contribution in [1.82, 2.24) is 9.37 Å². The van der Waals surface area contributed by atoms with Crippen LogP contribution >= 0.6 is 11.6 Å². The van der Waals surface area contributed by atoms with Crippen LogP contribution in [0.25, 0.3) is 10.8 Å². The van der Waals surface area contributed by atoms with Gasteiger partial charge in [0.25, 0.3) is 15.9 Å². The minimum absolute atomic E-state index is 0.0164. The highest BCUT2D eigenvalue weighted by molar-refractivity contribution is 7.89. The molecule has 3 aliphatic rings. The van der Waals surface area contributed by atoms with Crippen LogP contribution in [0.4, 0.5) is 22.0 Å². The fourth-order valence-corrected chi connectivity index (χ4v) is 7.66. The Balaban J connectivity index is 1.45. The summed E-state index contributed by atoms with van der Waals surface area (Å²) < 4.78 is 114. The van der Waals surface area contributed by atoms with Crippen LogP contribution in [0.15, 0.2) is 59.5 Å². The predicted molar refractivity (Wildman–Crippen MR) is 175 cm³/mol. The molecule has 0 unspecified atom stereocenters. The number of alkyl halides is 5. The zero-order valence-corrected chi connectivity index (χ0v) is 28.7. The van der Waals surface area contributed by atoms with Gasteiger partial charge < -0.3 is 24.9 Å². The first kappa shape index (κ1) is 37.0. The van der Waals surface area contributed by atoms with Crippen molar-refractivity contribution in [1.29, 1.82) is 0 Å². The standard InChI is InChI=1S/C34H35ClF5N3O7S/c35-28-12-7-22(19-29(28)49-25-9-10-25)33(36,37)30(31(44)42-15-13-23(41)14-16-42)43(50-32(45)34(38,39)40)51(46,47)27-11-6-20-17-26(8-5-21(20)18-27)48-24-3-1-2-4-24/h5-8,11-12,17-19,23-25,30H,1-4,9-10,13-16,41H2/t30-/m1/s1. The zero-order valence-electron chi connectivity index (χ0n) is 27.1. The Morgan fingerprint density at radius 1 is 0.843 bits per heavy atom. The lowest BCUT2D eigenvalue weighted by molar-refractivity contribution is -0.239. The van der Waals surface area contributed by atoms with Crippen molar-refractivity contribution in [2.45, 2.75) is 92.7 Å². The van der Waals surface area contributed by atoms with E-state index in [1.807, 2.05) is 0 Å². The number of sulfonamides is 1. The van der Waals surface area contributed by atoms with Crippen LogP contribution < -0.4 is 15.2 Å². The SMILES string of the molecule is NC1CCN(C(=O)[C@@H](N(OC(=O)C(F)(F)F)S(=O)(=O)c2ccc3cc(OC4CCCC4)ccc3c2)C(F)(F)c2ccc(Cl)c(OC3CC3)c2)CC1. The number of hydroxylamine groups is 1. The summed E-state index contributed by atoms with van der Waals surface area (Å²) in [6, 6.07) is 6.82. The number of carbonyl (C=O) groups is 2. The summed E-state index contributed by atoms with van der Waals surface area (Å²) in [5, 5.41) is 0.640. The number of amides is 1. The fraction of sp³-hybridized carbons (Fsp3) is 0.471. The van der Waals surface area contributed by atoms with Crippen molar-refractivity contribution in [3.63, 3.8) is 0 Å². The van der Waals surface area contributed by atoms with E-state index in [1.54, 1.807) is 12.1 Å². The van der Waals surface area contributed by atoms with Gasteiger partial charge in [0.1, 0.15) is 11.5 Å². The molecule has 0 spiro atoms. The van der Waals surface area contributed by atoms with Gasteiger partial charge in [0.05, 0.1) is 22.1 Å². The van der Waals surface area contributed by atoms with Crippen molar-refractivity contribution < 1.29 is 54.3 Å². The van der Waals surface area contributed by atoms with Crippen LogP contribution in [0.5, 0.6) is 11.5 Å². The second kappa shape index (κ2) is 14.4. The van der Waals surface area contributed by atoms with Crippen molar-refractivity contribution in [3.05, 3.63) is 65.2 Å². The average molecular weight is 760 g/mol. The molecule has 1 atom stereocenters. The Morgan fingerprint density at radius 3 is 2.12 bits per heavy atom. The Kier molecular flexibility index (Phi) is 10.4. The second-order valence-corrected chi connectivity index (χ2v) is 15.2. The summed E-state index contributed by atoms with van der Waals surface area (Å²) in [7, 11) is -5.64. The molecule has 2 aliphatic carbocycles. The van der Waals surface area contributed by atoms with E-state index in [1.165, 1.54) is 12.1 Å². The largest absolute Gasteiger partial charge is 0.492 e. The van der Waals surface area contributed by atoms with Gasteiger partial charge in [0.2, 0.25) is 6.04 Å². The first-order chi connectivity index (χ1) is 24.0. The highest BCUT2D eigenvalue weighted by Crippen LogP contribution is 2.43. The van der Waals surface area contributed by atoms with E-state index in [-0.39, 0.29) is 54.3 Å². The first-order valence-corrected chi connectivity index (χ1v) is 18.3. The van der Waals surface area contributed by atoms with Crippen LogP contribution in [0.3, 0.4) is 0 Å². The number of piperidine rings is 1. The molecule has 0 bridgehead atoms. The lowest BCUT2D eigenvalue weighted by Crippen LogP contribution is -2.60.